The van der Waals surface area contributed by atoms with Gasteiger partial charge in [0.1, 0.15) is 5.78 Å². The number of alkyl halides is 3. The number of Topliss-reactive ketones (excluding diaryl/α,β-unsaturated/α-hetero) is 1. The summed E-state index contributed by atoms with van der Waals surface area (Å²) in [5.74, 6) is -0.462. The summed E-state index contributed by atoms with van der Waals surface area (Å²) in [7, 11) is -8.02. The number of hydrogen-bond acceptors (Lipinski definition) is 3. The van der Waals surface area contributed by atoms with E-state index in [1.807, 2.05) is 6.92 Å². The van der Waals surface area contributed by atoms with E-state index in [0.717, 1.165) is 19.3 Å². The average Bonchev–Trinajstić information content (AvgIpc) is 2.20. The molecule has 0 amide bonds. The maximum Gasteiger partial charge on any atom is 0.572 e. The van der Waals surface area contributed by atoms with Gasteiger partial charge in [0.25, 0.3) is 0 Å². The molecule has 0 aliphatic heterocycles. The highest BCUT2D eigenvalue weighted by Crippen LogP contribution is 2.43. The lowest BCUT2D eigenvalue weighted by molar-refractivity contribution is -0.116. The summed E-state index contributed by atoms with van der Waals surface area (Å²) < 4.78 is 61.5. The van der Waals surface area contributed by atoms with Crippen LogP contribution in [0.4, 0.5) is 13.2 Å². The number of hydrogen-bond donors (Lipinski definition) is 0. The van der Waals surface area contributed by atoms with Gasteiger partial charge in [-0.2, -0.15) is 13.2 Å². The highest BCUT2D eigenvalue weighted by Gasteiger charge is 2.55. The van der Waals surface area contributed by atoms with Crippen LogP contribution in [0.3, 0.4) is 0 Å². The van der Waals surface area contributed by atoms with Crippen molar-refractivity contribution in [3.8, 4) is 0 Å². The Morgan fingerprint density at radius 2 is 1.65 bits per heavy atom. The Hall–Kier alpha value is -0.280. The molecule has 0 heterocycles. The van der Waals surface area contributed by atoms with E-state index >= 15 is 0 Å². The summed E-state index contributed by atoms with van der Waals surface area (Å²) in [5.41, 5.74) is -5.40. The Bertz CT molecular complexity index is 416. The maximum atomic E-state index is 12.2. The first-order valence-corrected chi connectivity index (χ1v) is 10.2. The SMILES string of the molecule is CCCCCCC(=O)CS(C)(C)[OH+]S(=O)(=O)C(F)(F)F. The lowest BCUT2D eigenvalue weighted by Crippen LogP contribution is -2.31. The van der Waals surface area contributed by atoms with Crippen molar-refractivity contribution in [2.75, 3.05) is 18.3 Å². The van der Waals surface area contributed by atoms with Crippen molar-refractivity contribution in [2.24, 2.45) is 0 Å². The highest BCUT2D eigenvalue weighted by molar-refractivity contribution is 8.31. The largest absolute Gasteiger partial charge is 0.572 e. The standard InChI is InChI=1S/C11H21F3O4S2/c1-4-5-6-7-8-10(15)9-19(2,3)18-20(16,17)11(12,13)14/h4-9H2,1-3H3/p+1. The van der Waals surface area contributed by atoms with Crippen LogP contribution in [0.5, 0.6) is 0 Å². The number of ketones is 1. The molecule has 0 aliphatic carbocycles. The molecule has 0 saturated heterocycles. The van der Waals surface area contributed by atoms with Crippen LogP contribution in [0.1, 0.15) is 39.0 Å². The van der Waals surface area contributed by atoms with Crippen molar-refractivity contribution in [2.45, 2.75) is 44.5 Å². The van der Waals surface area contributed by atoms with E-state index in [-0.39, 0.29) is 18.0 Å². The summed E-state index contributed by atoms with van der Waals surface area (Å²) in [6.07, 6.45) is 6.42. The van der Waals surface area contributed by atoms with Crippen molar-refractivity contribution in [3.63, 3.8) is 0 Å². The average molecular weight is 339 g/mol. The monoisotopic (exact) mass is 339 g/mol. The number of halogens is 3. The molecule has 4 nitrogen and oxygen atoms in total. The highest BCUT2D eigenvalue weighted by atomic mass is 32.3. The molecular weight excluding hydrogens is 317 g/mol. The second-order valence-corrected chi connectivity index (χ2v) is 10.2. The Morgan fingerprint density at radius 3 is 2.10 bits per heavy atom. The lowest BCUT2D eigenvalue weighted by Gasteiger charge is -2.24. The number of unbranched alkanes of at least 4 members (excludes halogenated alkanes) is 3. The van der Waals surface area contributed by atoms with Gasteiger partial charge in [-0.3, -0.25) is 8.42 Å². The Balaban J connectivity index is 4.42. The van der Waals surface area contributed by atoms with Gasteiger partial charge in [0.2, 0.25) is 0 Å². The van der Waals surface area contributed by atoms with Crippen molar-refractivity contribution < 1.29 is 30.0 Å². The van der Waals surface area contributed by atoms with Gasteiger partial charge in [0, 0.05) is 18.9 Å². The first-order valence-electron chi connectivity index (χ1n) is 6.19. The fraction of sp³-hybridized carbons (Fsp3) is 0.909. The van der Waals surface area contributed by atoms with Crippen LogP contribution in [-0.2, 0) is 14.9 Å². The zero-order valence-electron chi connectivity index (χ0n) is 11.9. The second kappa shape index (κ2) is 7.65. The minimum absolute atomic E-state index is 0.228. The molecule has 0 rings (SSSR count). The van der Waals surface area contributed by atoms with Gasteiger partial charge in [0.15, 0.2) is 0 Å². The van der Waals surface area contributed by atoms with Crippen molar-refractivity contribution >= 4 is 26.2 Å². The topological polar surface area (TPSA) is 64.0 Å². The normalized spacial score (nSPS) is 14.3. The van der Waals surface area contributed by atoms with Crippen molar-refractivity contribution in [3.05, 3.63) is 0 Å². The van der Waals surface area contributed by atoms with E-state index in [1.165, 1.54) is 12.5 Å². The van der Waals surface area contributed by atoms with E-state index in [2.05, 4.69) is 3.63 Å². The Labute approximate surface area is 119 Å². The predicted molar refractivity (Wildman–Crippen MR) is 75.7 cm³/mol. The van der Waals surface area contributed by atoms with Gasteiger partial charge in [-0.25, -0.2) is 0 Å². The maximum absolute atomic E-state index is 12.2. The summed E-state index contributed by atoms with van der Waals surface area (Å²) >= 11 is 0. The molecule has 0 saturated carbocycles. The molecule has 0 spiro atoms. The van der Waals surface area contributed by atoms with Gasteiger partial charge in [-0.05, 0) is 16.7 Å². The fourth-order valence-electron chi connectivity index (χ4n) is 1.55. The minimum Gasteiger partial charge on any atom is -0.299 e. The predicted octanol–water partition coefficient (Wildman–Crippen LogP) is 3.45. The number of rotatable bonds is 9. The lowest BCUT2D eigenvalue weighted by atomic mass is 10.1. The third-order valence-electron chi connectivity index (χ3n) is 2.42. The third kappa shape index (κ3) is 7.49. The number of carbonyl (C=O) groups excluding carboxylic acids is 1. The van der Waals surface area contributed by atoms with Gasteiger partial charge in [-0.1, -0.05) is 26.2 Å². The molecule has 1 N–H and O–H groups in total. The van der Waals surface area contributed by atoms with Crippen LogP contribution >= 0.6 is 10.3 Å². The third-order valence-corrected chi connectivity index (χ3v) is 6.43. The molecule has 0 unspecified atom stereocenters. The Morgan fingerprint density at radius 1 is 1.10 bits per heavy atom. The first-order chi connectivity index (χ1) is 8.91. The number of carbonyl (C=O) groups is 1. The summed E-state index contributed by atoms with van der Waals surface area (Å²) in [6.45, 7) is 2.02. The molecule has 122 valence electrons. The van der Waals surface area contributed by atoms with Crippen LogP contribution in [0.2, 0.25) is 0 Å². The second-order valence-electron chi connectivity index (χ2n) is 4.97. The van der Waals surface area contributed by atoms with Gasteiger partial charge < -0.3 is 0 Å². The van der Waals surface area contributed by atoms with Crippen molar-refractivity contribution in [1.29, 1.82) is 0 Å². The summed E-state index contributed by atoms with van der Waals surface area (Å²) in [6, 6.07) is 0. The van der Waals surface area contributed by atoms with Gasteiger partial charge >= 0.3 is 15.6 Å². The summed E-state index contributed by atoms with van der Waals surface area (Å²) in [5, 5.41) is 0. The molecule has 0 aromatic rings. The van der Waals surface area contributed by atoms with Crippen LogP contribution in [-0.4, -0.2) is 41.6 Å². The molecule has 20 heavy (non-hydrogen) atoms. The fourth-order valence-corrected chi connectivity index (χ4v) is 5.16. The zero-order chi connectivity index (χ0) is 16.0. The molecule has 0 radical (unpaired) electrons. The smallest absolute Gasteiger partial charge is 0.299 e. The van der Waals surface area contributed by atoms with Crippen LogP contribution in [0.15, 0.2) is 0 Å². The van der Waals surface area contributed by atoms with E-state index in [9.17, 15) is 26.4 Å². The van der Waals surface area contributed by atoms with E-state index in [4.69, 9.17) is 0 Å². The van der Waals surface area contributed by atoms with Gasteiger partial charge in [0.05, 0.1) is 5.75 Å². The van der Waals surface area contributed by atoms with Gasteiger partial charge in [-0.15, -0.1) is 8.42 Å². The zero-order valence-corrected chi connectivity index (χ0v) is 13.5. The van der Waals surface area contributed by atoms with Crippen LogP contribution in [0.25, 0.3) is 0 Å². The molecule has 0 aliphatic rings. The quantitative estimate of drug-likeness (QED) is 0.280. The molecule has 0 bridgehead atoms. The molecule has 0 atom stereocenters. The van der Waals surface area contributed by atoms with Crippen LogP contribution < -0.4 is 0 Å². The molecule has 0 aromatic carbocycles. The van der Waals surface area contributed by atoms with Crippen molar-refractivity contribution in [1.82, 2.24) is 0 Å². The molecule has 0 fully saturated rings. The van der Waals surface area contributed by atoms with Crippen LogP contribution in [0, 0.1) is 0 Å². The Kier molecular flexibility index (Phi) is 7.54. The van der Waals surface area contributed by atoms with E-state index in [0.29, 0.717) is 6.42 Å². The summed E-state index contributed by atoms with van der Waals surface area (Å²) in [4.78, 5) is 11.6. The molecule has 9 heteroatoms. The minimum atomic E-state index is -5.52. The first kappa shape index (κ1) is 19.7. The molecule has 0 aromatic heterocycles. The van der Waals surface area contributed by atoms with E-state index in [1.54, 1.807) is 0 Å². The van der Waals surface area contributed by atoms with E-state index < -0.39 is 25.9 Å². The molecular formula is C11H22F3O4S2+.